The van der Waals surface area contributed by atoms with Gasteiger partial charge in [-0.25, -0.2) is 9.07 Å². The summed E-state index contributed by atoms with van der Waals surface area (Å²) in [6.45, 7) is 6.16. The fourth-order valence-corrected chi connectivity index (χ4v) is 2.97. The molecular weight excluding hydrogens is 341 g/mol. The van der Waals surface area contributed by atoms with Crippen molar-refractivity contribution < 1.29 is 9.18 Å². The third-order valence-corrected chi connectivity index (χ3v) is 4.53. The quantitative estimate of drug-likeness (QED) is 0.685. The normalized spacial score (nSPS) is 11.5. The molecule has 4 nitrogen and oxygen atoms in total. The Morgan fingerprint density at radius 3 is 2.44 bits per heavy atom. The fraction of sp³-hybridized carbons (Fsp3) is 0.182. The molecule has 0 aliphatic carbocycles. The molecule has 0 unspecified atom stereocenters. The Labute approximate surface area is 158 Å². The maximum absolute atomic E-state index is 13.0. The van der Waals surface area contributed by atoms with Crippen LogP contribution in [0.5, 0.6) is 0 Å². The van der Waals surface area contributed by atoms with Gasteiger partial charge in [-0.3, -0.25) is 4.79 Å². The zero-order valence-electron chi connectivity index (χ0n) is 15.7. The maximum atomic E-state index is 13.0. The van der Waals surface area contributed by atoms with Crippen LogP contribution in [0.1, 0.15) is 29.4 Å². The molecule has 0 saturated carbocycles. The van der Waals surface area contributed by atoms with E-state index in [1.54, 1.807) is 12.1 Å². The number of aryl methyl sites for hydroxylation is 1. The molecule has 0 atom stereocenters. The van der Waals surface area contributed by atoms with Crippen LogP contribution in [0.15, 0.2) is 60.7 Å². The second-order valence-electron chi connectivity index (χ2n) is 6.45. The van der Waals surface area contributed by atoms with Crippen LogP contribution >= 0.6 is 0 Å². The molecule has 0 fully saturated rings. The summed E-state index contributed by atoms with van der Waals surface area (Å²) in [7, 11) is 0. The van der Waals surface area contributed by atoms with Gasteiger partial charge in [0.2, 0.25) is 5.91 Å². The summed E-state index contributed by atoms with van der Waals surface area (Å²) in [6.07, 6.45) is 1.53. The van der Waals surface area contributed by atoms with E-state index in [9.17, 15) is 9.18 Å². The summed E-state index contributed by atoms with van der Waals surface area (Å²) >= 11 is 0. The molecule has 5 heteroatoms. The van der Waals surface area contributed by atoms with E-state index in [0.717, 1.165) is 33.8 Å². The molecule has 1 N–H and O–H groups in total. The fourth-order valence-electron chi connectivity index (χ4n) is 2.97. The van der Waals surface area contributed by atoms with Crippen LogP contribution in [0.2, 0.25) is 0 Å². The number of rotatable bonds is 5. The van der Waals surface area contributed by atoms with E-state index in [0.29, 0.717) is 6.54 Å². The first kappa shape index (κ1) is 18.6. The Kier molecular flexibility index (Phi) is 5.50. The lowest BCUT2D eigenvalue weighted by molar-refractivity contribution is -0.116. The van der Waals surface area contributed by atoms with Gasteiger partial charge in [-0.1, -0.05) is 30.3 Å². The van der Waals surface area contributed by atoms with Crippen LogP contribution in [-0.2, 0) is 11.3 Å². The zero-order valence-corrected chi connectivity index (χ0v) is 15.7. The third kappa shape index (κ3) is 4.31. The average molecular weight is 363 g/mol. The van der Waals surface area contributed by atoms with E-state index in [2.05, 4.69) is 10.4 Å². The summed E-state index contributed by atoms with van der Waals surface area (Å²) in [5, 5.41) is 7.50. The number of nitrogens with one attached hydrogen (secondary N) is 1. The molecule has 3 rings (SSSR count). The van der Waals surface area contributed by atoms with E-state index in [1.807, 2.05) is 55.8 Å². The van der Waals surface area contributed by atoms with Gasteiger partial charge >= 0.3 is 0 Å². The zero-order chi connectivity index (χ0) is 19.4. The summed E-state index contributed by atoms with van der Waals surface area (Å²) in [4.78, 5) is 12.3. The molecule has 0 saturated heterocycles. The topological polar surface area (TPSA) is 46.9 Å². The molecule has 0 aliphatic rings. The lowest BCUT2D eigenvalue weighted by atomic mass is 10.1. The van der Waals surface area contributed by atoms with Crippen LogP contribution in [0, 0.1) is 19.7 Å². The highest BCUT2D eigenvalue weighted by atomic mass is 19.1. The van der Waals surface area contributed by atoms with Crippen LogP contribution in [0.4, 0.5) is 4.39 Å². The van der Waals surface area contributed by atoms with Crippen molar-refractivity contribution in [3.63, 3.8) is 0 Å². The van der Waals surface area contributed by atoms with E-state index in [-0.39, 0.29) is 11.7 Å². The standard InChI is InChI=1S/C22H22FN3O/c1-15(18-9-11-19(23)12-10-18)13-22(27)24-14-21-16(2)25-26(17(21)3)20-7-5-4-6-8-20/h4-13H,14H2,1-3H3,(H,24,27)/b15-13+. The number of carbonyl (C=O) groups excluding carboxylic acids is 1. The minimum absolute atomic E-state index is 0.192. The molecule has 27 heavy (non-hydrogen) atoms. The minimum Gasteiger partial charge on any atom is -0.348 e. The van der Waals surface area contributed by atoms with Gasteiger partial charge in [0.1, 0.15) is 5.82 Å². The average Bonchev–Trinajstić information content (AvgIpc) is 2.95. The Bertz CT molecular complexity index is 973. The highest BCUT2D eigenvalue weighted by molar-refractivity contribution is 5.94. The number of hydrogen-bond donors (Lipinski definition) is 1. The first-order chi connectivity index (χ1) is 13.0. The summed E-state index contributed by atoms with van der Waals surface area (Å²) in [5.41, 5.74) is 5.47. The van der Waals surface area contributed by atoms with E-state index >= 15 is 0 Å². The monoisotopic (exact) mass is 363 g/mol. The van der Waals surface area contributed by atoms with Crippen molar-refractivity contribution in [2.24, 2.45) is 0 Å². The Balaban J connectivity index is 1.71. The van der Waals surface area contributed by atoms with Crippen LogP contribution in [-0.4, -0.2) is 15.7 Å². The highest BCUT2D eigenvalue weighted by Crippen LogP contribution is 2.18. The number of nitrogens with zero attached hydrogens (tertiary/aromatic N) is 2. The van der Waals surface area contributed by atoms with E-state index < -0.39 is 0 Å². The lowest BCUT2D eigenvalue weighted by Gasteiger charge is -2.07. The first-order valence-corrected chi connectivity index (χ1v) is 8.78. The minimum atomic E-state index is -0.294. The van der Waals surface area contributed by atoms with Gasteiger partial charge in [-0.15, -0.1) is 0 Å². The summed E-state index contributed by atoms with van der Waals surface area (Å²) < 4.78 is 14.9. The number of aromatic nitrogens is 2. The van der Waals surface area contributed by atoms with Gasteiger partial charge in [0.15, 0.2) is 0 Å². The Morgan fingerprint density at radius 1 is 1.11 bits per heavy atom. The smallest absolute Gasteiger partial charge is 0.244 e. The summed E-state index contributed by atoms with van der Waals surface area (Å²) in [6, 6.07) is 16.0. The number of carbonyl (C=O) groups is 1. The molecule has 1 aromatic heterocycles. The maximum Gasteiger partial charge on any atom is 0.244 e. The van der Waals surface area contributed by atoms with Gasteiger partial charge in [-0.05, 0) is 56.2 Å². The third-order valence-electron chi connectivity index (χ3n) is 4.53. The van der Waals surface area contributed by atoms with Gasteiger partial charge in [-0.2, -0.15) is 5.10 Å². The van der Waals surface area contributed by atoms with Crippen molar-refractivity contribution in [2.75, 3.05) is 0 Å². The van der Waals surface area contributed by atoms with Gasteiger partial charge in [0.05, 0.1) is 11.4 Å². The molecule has 1 amide bonds. The molecular formula is C22H22FN3O. The van der Waals surface area contributed by atoms with E-state index in [1.165, 1.54) is 18.2 Å². The first-order valence-electron chi connectivity index (χ1n) is 8.78. The molecule has 0 bridgehead atoms. The second-order valence-corrected chi connectivity index (χ2v) is 6.45. The SMILES string of the molecule is C/C(=C\C(=O)NCc1c(C)nn(-c2ccccc2)c1C)c1ccc(F)cc1. The molecule has 1 heterocycles. The molecule has 2 aromatic carbocycles. The van der Waals surface area contributed by atoms with Crippen molar-refractivity contribution in [3.8, 4) is 5.69 Å². The number of para-hydroxylation sites is 1. The largest absolute Gasteiger partial charge is 0.348 e. The van der Waals surface area contributed by atoms with E-state index in [4.69, 9.17) is 0 Å². The molecule has 138 valence electrons. The number of amides is 1. The summed E-state index contributed by atoms with van der Waals surface area (Å²) in [5.74, 6) is -0.486. The predicted octanol–water partition coefficient (Wildman–Crippen LogP) is 4.35. The Morgan fingerprint density at radius 2 is 1.78 bits per heavy atom. The molecule has 0 spiro atoms. The predicted molar refractivity (Wildman–Crippen MR) is 105 cm³/mol. The van der Waals surface area contributed by atoms with Gasteiger partial charge in [0.25, 0.3) is 0 Å². The van der Waals surface area contributed by atoms with Gasteiger partial charge in [0, 0.05) is 23.9 Å². The Hall–Kier alpha value is -3.21. The number of benzene rings is 2. The van der Waals surface area contributed by atoms with Crippen molar-refractivity contribution in [1.82, 2.24) is 15.1 Å². The number of halogens is 1. The van der Waals surface area contributed by atoms with Crippen molar-refractivity contribution in [3.05, 3.63) is 89.0 Å². The molecule has 0 radical (unpaired) electrons. The number of hydrogen-bond acceptors (Lipinski definition) is 2. The molecule has 0 aliphatic heterocycles. The van der Waals surface area contributed by atoms with Crippen molar-refractivity contribution >= 4 is 11.5 Å². The lowest BCUT2D eigenvalue weighted by Crippen LogP contribution is -2.21. The van der Waals surface area contributed by atoms with Gasteiger partial charge < -0.3 is 5.32 Å². The van der Waals surface area contributed by atoms with Crippen LogP contribution in [0.25, 0.3) is 11.3 Å². The molecule has 3 aromatic rings. The second kappa shape index (κ2) is 7.99. The highest BCUT2D eigenvalue weighted by Gasteiger charge is 2.13. The van der Waals surface area contributed by atoms with Crippen molar-refractivity contribution in [1.29, 1.82) is 0 Å². The van der Waals surface area contributed by atoms with Crippen LogP contribution < -0.4 is 5.32 Å². The van der Waals surface area contributed by atoms with Crippen molar-refractivity contribution in [2.45, 2.75) is 27.3 Å². The van der Waals surface area contributed by atoms with Crippen LogP contribution in [0.3, 0.4) is 0 Å². The number of allylic oxidation sites excluding steroid dienone is 1.